The van der Waals surface area contributed by atoms with E-state index in [4.69, 9.17) is 19.9 Å². The summed E-state index contributed by atoms with van der Waals surface area (Å²) in [4.78, 5) is 0. The quantitative estimate of drug-likeness (QED) is 0.770. The largest absolute Gasteiger partial charge is 0.493 e. The summed E-state index contributed by atoms with van der Waals surface area (Å²) in [7, 11) is 3.33. The monoisotopic (exact) mass is 253 g/mol. The lowest BCUT2D eigenvalue weighted by atomic mass is 10.1. The molecular formula is C14H23NO3. The molecule has 0 aliphatic heterocycles. The van der Waals surface area contributed by atoms with E-state index in [-0.39, 0.29) is 6.10 Å². The van der Waals surface area contributed by atoms with E-state index in [2.05, 4.69) is 0 Å². The zero-order valence-corrected chi connectivity index (χ0v) is 11.4. The number of hydrogen-bond donors (Lipinski definition) is 1. The van der Waals surface area contributed by atoms with Gasteiger partial charge in [0.2, 0.25) is 0 Å². The van der Waals surface area contributed by atoms with Crippen LogP contribution in [0.25, 0.3) is 0 Å². The van der Waals surface area contributed by atoms with Crippen LogP contribution in [0.5, 0.6) is 11.5 Å². The molecule has 0 radical (unpaired) electrons. The Hall–Kier alpha value is -1.26. The maximum Gasteiger partial charge on any atom is 0.161 e. The highest BCUT2D eigenvalue weighted by Crippen LogP contribution is 2.29. The predicted molar refractivity (Wildman–Crippen MR) is 72.3 cm³/mol. The molecule has 0 heterocycles. The van der Waals surface area contributed by atoms with Crippen molar-refractivity contribution in [3.63, 3.8) is 0 Å². The number of methoxy groups -OCH3 is 2. The van der Waals surface area contributed by atoms with Gasteiger partial charge in [-0.1, -0.05) is 6.07 Å². The minimum absolute atomic E-state index is 0.0898. The number of nitrogens with two attached hydrogens (primary N) is 1. The first kappa shape index (κ1) is 14.8. The topological polar surface area (TPSA) is 53.7 Å². The fourth-order valence-corrected chi connectivity index (χ4v) is 1.69. The molecule has 0 bridgehead atoms. The van der Waals surface area contributed by atoms with E-state index in [1.165, 1.54) is 0 Å². The molecule has 102 valence electrons. The average molecular weight is 253 g/mol. The molecule has 0 amide bonds. The van der Waals surface area contributed by atoms with Crippen molar-refractivity contribution in [2.45, 2.75) is 25.9 Å². The zero-order chi connectivity index (χ0) is 13.4. The SMILES string of the molecule is COCCC(C)Oc1cc(CCN)ccc1OC. The van der Waals surface area contributed by atoms with Crippen LogP contribution < -0.4 is 15.2 Å². The fourth-order valence-electron chi connectivity index (χ4n) is 1.69. The summed E-state index contributed by atoms with van der Waals surface area (Å²) in [6.45, 7) is 3.34. The molecule has 4 heteroatoms. The van der Waals surface area contributed by atoms with Crippen molar-refractivity contribution in [1.29, 1.82) is 0 Å². The van der Waals surface area contributed by atoms with Crippen LogP contribution in [0.3, 0.4) is 0 Å². The van der Waals surface area contributed by atoms with Gasteiger partial charge in [0.05, 0.1) is 13.2 Å². The summed E-state index contributed by atoms with van der Waals surface area (Å²) in [6, 6.07) is 5.93. The highest BCUT2D eigenvalue weighted by molar-refractivity contribution is 5.43. The van der Waals surface area contributed by atoms with Crippen molar-refractivity contribution in [1.82, 2.24) is 0 Å². The predicted octanol–water partition coefficient (Wildman–Crippen LogP) is 2.00. The molecule has 1 atom stereocenters. The molecule has 1 aromatic carbocycles. The van der Waals surface area contributed by atoms with Gasteiger partial charge in [-0.2, -0.15) is 0 Å². The molecule has 0 aromatic heterocycles. The normalized spacial score (nSPS) is 12.2. The smallest absolute Gasteiger partial charge is 0.161 e. The molecule has 1 aromatic rings. The first-order chi connectivity index (χ1) is 8.71. The van der Waals surface area contributed by atoms with Crippen molar-refractivity contribution < 1.29 is 14.2 Å². The second-order valence-electron chi connectivity index (χ2n) is 4.23. The summed E-state index contributed by atoms with van der Waals surface area (Å²) in [6.07, 6.45) is 1.78. The summed E-state index contributed by atoms with van der Waals surface area (Å²) in [5.74, 6) is 1.52. The Morgan fingerprint density at radius 2 is 2.00 bits per heavy atom. The maximum absolute atomic E-state index is 5.88. The molecular weight excluding hydrogens is 230 g/mol. The Labute approximate surface area is 109 Å². The van der Waals surface area contributed by atoms with Crippen LogP contribution in [0.1, 0.15) is 18.9 Å². The molecule has 0 fully saturated rings. The van der Waals surface area contributed by atoms with E-state index in [1.54, 1.807) is 14.2 Å². The summed E-state index contributed by atoms with van der Waals surface area (Å²) < 4.78 is 16.2. The summed E-state index contributed by atoms with van der Waals surface area (Å²) in [5.41, 5.74) is 6.72. The molecule has 0 saturated carbocycles. The number of ether oxygens (including phenoxy) is 3. The van der Waals surface area contributed by atoms with Crippen molar-refractivity contribution in [3.8, 4) is 11.5 Å². The molecule has 1 rings (SSSR count). The van der Waals surface area contributed by atoms with E-state index in [1.807, 2.05) is 25.1 Å². The fraction of sp³-hybridized carbons (Fsp3) is 0.571. The van der Waals surface area contributed by atoms with Gasteiger partial charge in [-0.25, -0.2) is 0 Å². The van der Waals surface area contributed by atoms with Gasteiger partial charge in [0.25, 0.3) is 0 Å². The third kappa shape index (κ3) is 4.55. The van der Waals surface area contributed by atoms with Crippen molar-refractivity contribution in [2.75, 3.05) is 27.4 Å². The van der Waals surface area contributed by atoms with Gasteiger partial charge < -0.3 is 19.9 Å². The first-order valence-corrected chi connectivity index (χ1v) is 6.23. The lowest BCUT2D eigenvalue weighted by molar-refractivity contribution is 0.132. The molecule has 0 aliphatic rings. The van der Waals surface area contributed by atoms with Crippen molar-refractivity contribution in [3.05, 3.63) is 23.8 Å². The van der Waals surface area contributed by atoms with Gasteiger partial charge in [0.1, 0.15) is 0 Å². The average Bonchev–Trinajstić information content (AvgIpc) is 2.37. The Kier molecular flexibility index (Phi) is 6.54. The van der Waals surface area contributed by atoms with Crippen LogP contribution in [-0.2, 0) is 11.2 Å². The van der Waals surface area contributed by atoms with Crippen LogP contribution in [0.4, 0.5) is 0 Å². The van der Waals surface area contributed by atoms with Gasteiger partial charge in [0.15, 0.2) is 11.5 Å². The van der Waals surface area contributed by atoms with Gasteiger partial charge in [0, 0.05) is 20.1 Å². The Balaban J connectivity index is 2.73. The zero-order valence-electron chi connectivity index (χ0n) is 11.4. The molecule has 18 heavy (non-hydrogen) atoms. The lowest BCUT2D eigenvalue weighted by Gasteiger charge is -2.17. The van der Waals surface area contributed by atoms with Crippen LogP contribution in [0.2, 0.25) is 0 Å². The number of hydrogen-bond acceptors (Lipinski definition) is 4. The highest BCUT2D eigenvalue weighted by Gasteiger charge is 2.10. The third-order valence-electron chi connectivity index (χ3n) is 2.72. The maximum atomic E-state index is 5.88. The van der Waals surface area contributed by atoms with E-state index in [9.17, 15) is 0 Å². The first-order valence-electron chi connectivity index (χ1n) is 6.23. The molecule has 0 aliphatic carbocycles. The second-order valence-corrected chi connectivity index (χ2v) is 4.23. The Morgan fingerprint density at radius 1 is 1.22 bits per heavy atom. The summed E-state index contributed by atoms with van der Waals surface area (Å²) in [5, 5.41) is 0. The lowest BCUT2D eigenvalue weighted by Crippen LogP contribution is -2.15. The minimum atomic E-state index is 0.0898. The van der Waals surface area contributed by atoms with Gasteiger partial charge >= 0.3 is 0 Å². The van der Waals surface area contributed by atoms with E-state index < -0.39 is 0 Å². The van der Waals surface area contributed by atoms with Crippen molar-refractivity contribution >= 4 is 0 Å². The van der Waals surface area contributed by atoms with Crippen LogP contribution in [0.15, 0.2) is 18.2 Å². The van der Waals surface area contributed by atoms with Gasteiger partial charge in [-0.05, 0) is 37.6 Å². The standard InChI is InChI=1S/C14H23NO3/c1-11(7-9-16-2)18-14-10-12(6-8-15)4-5-13(14)17-3/h4-5,10-11H,6-9,15H2,1-3H3. The van der Waals surface area contributed by atoms with Crippen LogP contribution in [-0.4, -0.2) is 33.5 Å². The Bertz CT molecular complexity index is 355. The summed E-state index contributed by atoms with van der Waals surface area (Å²) >= 11 is 0. The van der Waals surface area contributed by atoms with E-state index in [0.717, 1.165) is 29.9 Å². The highest BCUT2D eigenvalue weighted by atomic mass is 16.5. The second kappa shape index (κ2) is 7.95. The van der Waals surface area contributed by atoms with Crippen LogP contribution in [0, 0.1) is 0 Å². The minimum Gasteiger partial charge on any atom is -0.493 e. The molecule has 4 nitrogen and oxygen atoms in total. The molecule has 0 spiro atoms. The van der Waals surface area contributed by atoms with Crippen LogP contribution >= 0.6 is 0 Å². The number of rotatable bonds is 8. The van der Waals surface area contributed by atoms with Gasteiger partial charge in [-0.3, -0.25) is 0 Å². The molecule has 1 unspecified atom stereocenters. The molecule has 2 N–H and O–H groups in total. The molecule has 0 saturated heterocycles. The Morgan fingerprint density at radius 3 is 2.61 bits per heavy atom. The van der Waals surface area contributed by atoms with Crippen molar-refractivity contribution in [2.24, 2.45) is 5.73 Å². The van der Waals surface area contributed by atoms with Gasteiger partial charge in [-0.15, -0.1) is 0 Å². The number of benzene rings is 1. The third-order valence-corrected chi connectivity index (χ3v) is 2.72. The van der Waals surface area contributed by atoms with E-state index in [0.29, 0.717) is 13.2 Å². The van der Waals surface area contributed by atoms with E-state index >= 15 is 0 Å².